The Bertz CT molecular complexity index is 540. The minimum Gasteiger partial charge on any atom is -0.278 e. The van der Waals surface area contributed by atoms with Crippen molar-refractivity contribution >= 4 is 0 Å². The molecule has 2 nitrogen and oxygen atoms in total. The van der Waals surface area contributed by atoms with Gasteiger partial charge >= 0.3 is 0 Å². The SMILES string of the molecule is c1ccc2ccc(-c3ccn[nH]3)c-2cc1. The van der Waals surface area contributed by atoms with Crippen LogP contribution in [-0.2, 0) is 0 Å². The average Bonchev–Trinajstić information content (AvgIpc) is 2.83. The smallest absolute Gasteiger partial charge is 0.0656 e. The van der Waals surface area contributed by atoms with Gasteiger partial charge in [0.05, 0.1) is 5.69 Å². The van der Waals surface area contributed by atoms with Gasteiger partial charge in [0.25, 0.3) is 0 Å². The van der Waals surface area contributed by atoms with E-state index >= 15 is 0 Å². The van der Waals surface area contributed by atoms with E-state index in [0.29, 0.717) is 0 Å². The third-order valence-corrected chi connectivity index (χ3v) is 2.58. The molecule has 2 aliphatic carbocycles. The average molecular weight is 194 g/mol. The molecule has 0 spiro atoms. The molecule has 1 aromatic rings. The zero-order valence-electron chi connectivity index (χ0n) is 8.14. The molecule has 0 fully saturated rings. The Morgan fingerprint density at radius 1 is 0.800 bits per heavy atom. The summed E-state index contributed by atoms with van der Waals surface area (Å²) in [5, 5.41) is 6.97. The van der Waals surface area contributed by atoms with Gasteiger partial charge < -0.3 is 0 Å². The van der Waals surface area contributed by atoms with E-state index in [4.69, 9.17) is 0 Å². The first-order valence-electron chi connectivity index (χ1n) is 4.93. The minimum absolute atomic E-state index is 1.07. The molecule has 2 aliphatic rings. The number of nitrogens with zero attached hydrogens (tertiary/aromatic N) is 1. The van der Waals surface area contributed by atoms with E-state index in [-0.39, 0.29) is 0 Å². The molecule has 1 aromatic heterocycles. The second-order valence-corrected chi connectivity index (χ2v) is 3.50. The first-order valence-corrected chi connectivity index (χ1v) is 4.93. The fourth-order valence-electron chi connectivity index (χ4n) is 1.86. The van der Waals surface area contributed by atoms with Gasteiger partial charge in [-0.05, 0) is 17.2 Å². The van der Waals surface area contributed by atoms with Crippen LogP contribution in [0.25, 0.3) is 22.4 Å². The van der Waals surface area contributed by atoms with Crippen LogP contribution in [0.5, 0.6) is 0 Å². The summed E-state index contributed by atoms with van der Waals surface area (Å²) in [7, 11) is 0. The Balaban J connectivity index is 2.25. The molecule has 0 bridgehead atoms. The highest BCUT2D eigenvalue weighted by atomic mass is 15.1. The number of nitrogens with one attached hydrogen (secondary N) is 1. The lowest BCUT2D eigenvalue weighted by Gasteiger charge is -1.97. The van der Waals surface area contributed by atoms with Crippen molar-refractivity contribution < 1.29 is 0 Å². The van der Waals surface area contributed by atoms with Crippen LogP contribution in [-0.4, -0.2) is 10.2 Å². The molecule has 1 heterocycles. The van der Waals surface area contributed by atoms with Crippen LogP contribution < -0.4 is 0 Å². The number of fused-ring (bicyclic) bond motifs is 1. The molecule has 0 atom stereocenters. The van der Waals surface area contributed by atoms with Crippen LogP contribution in [0.1, 0.15) is 0 Å². The largest absolute Gasteiger partial charge is 0.278 e. The summed E-state index contributed by atoms with van der Waals surface area (Å²) in [6.07, 6.45) is 1.77. The standard InChI is InChI=1S/C13H10N2/c1-2-4-10-6-7-12(11(10)5-3-1)13-8-9-14-15-13/h1-9H,(H,14,15). The highest BCUT2D eigenvalue weighted by Gasteiger charge is 2.09. The van der Waals surface area contributed by atoms with Crippen molar-refractivity contribution in [3.05, 3.63) is 54.7 Å². The molecule has 0 saturated carbocycles. The maximum atomic E-state index is 3.98. The maximum Gasteiger partial charge on any atom is 0.0656 e. The summed E-state index contributed by atoms with van der Waals surface area (Å²) >= 11 is 0. The number of hydrogen-bond acceptors (Lipinski definition) is 1. The summed E-state index contributed by atoms with van der Waals surface area (Å²) in [6, 6.07) is 16.6. The molecular weight excluding hydrogens is 184 g/mol. The van der Waals surface area contributed by atoms with Crippen molar-refractivity contribution in [1.82, 2.24) is 10.2 Å². The van der Waals surface area contributed by atoms with Gasteiger partial charge in [-0.25, -0.2) is 0 Å². The van der Waals surface area contributed by atoms with E-state index in [0.717, 1.165) is 5.69 Å². The first-order chi connectivity index (χ1) is 7.45. The number of rotatable bonds is 1. The van der Waals surface area contributed by atoms with Crippen LogP contribution in [0.4, 0.5) is 0 Å². The molecule has 0 amide bonds. The third-order valence-electron chi connectivity index (χ3n) is 2.58. The summed E-state index contributed by atoms with van der Waals surface area (Å²) in [5.74, 6) is 0. The maximum absolute atomic E-state index is 3.98. The monoisotopic (exact) mass is 194 g/mol. The first kappa shape index (κ1) is 8.24. The molecule has 3 rings (SSSR count). The van der Waals surface area contributed by atoms with Gasteiger partial charge in [0.1, 0.15) is 0 Å². The Labute approximate surface area is 87.9 Å². The van der Waals surface area contributed by atoms with Crippen molar-refractivity contribution in [3.8, 4) is 22.4 Å². The van der Waals surface area contributed by atoms with E-state index in [2.05, 4.69) is 46.6 Å². The van der Waals surface area contributed by atoms with Crippen molar-refractivity contribution in [2.24, 2.45) is 0 Å². The molecule has 0 aromatic carbocycles. The quantitative estimate of drug-likeness (QED) is 0.633. The molecule has 0 aliphatic heterocycles. The van der Waals surface area contributed by atoms with E-state index in [9.17, 15) is 0 Å². The van der Waals surface area contributed by atoms with Crippen molar-refractivity contribution in [1.29, 1.82) is 0 Å². The molecule has 15 heavy (non-hydrogen) atoms. The Kier molecular flexibility index (Phi) is 1.78. The van der Waals surface area contributed by atoms with Crippen LogP contribution in [0.2, 0.25) is 0 Å². The zero-order chi connectivity index (χ0) is 10.1. The van der Waals surface area contributed by atoms with Crippen LogP contribution in [0.15, 0.2) is 54.7 Å². The van der Waals surface area contributed by atoms with Gasteiger partial charge in [-0.15, -0.1) is 0 Å². The zero-order valence-corrected chi connectivity index (χ0v) is 8.14. The minimum atomic E-state index is 1.07. The summed E-state index contributed by atoms with van der Waals surface area (Å²) in [6.45, 7) is 0. The fraction of sp³-hybridized carbons (Fsp3) is 0. The molecular formula is C13H10N2. The third kappa shape index (κ3) is 1.31. The predicted molar refractivity (Wildman–Crippen MR) is 60.6 cm³/mol. The fourth-order valence-corrected chi connectivity index (χ4v) is 1.86. The molecule has 0 saturated heterocycles. The molecule has 0 radical (unpaired) electrons. The number of hydrogen-bond donors (Lipinski definition) is 1. The Morgan fingerprint density at radius 2 is 1.73 bits per heavy atom. The summed E-state index contributed by atoms with van der Waals surface area (Å²) < 4.78 is 0. The van der Waals surface area contributed by atoms with Crippen LogP contribution in [0, 0.1) is 0 Å². The molecule has 0 unspecified atom stereocenters. The lowest BCUT2D eigenvalue weighted by molar-refractivity contribution is 1.10. The van der Waals surface area contributed by atoms with Crippen molar-refractivity contribution in [2.45, 2.75) is 0 Å². The van der Waals surface area contributed by atoms with E-state index in [1.165, 1.54) is 16.7 Å². The highest BCUT2D eigenvalue weighted by molar-refractivity contribution is 5.84. The highest BCUT2D eigenvalue weighted by Crippen LogP contribution is 2.33. The van der Waals surface area contributed by atoms with Gasteiger partial charge in [-0.2, -0.15) is 5.10 Å². The summed E-state index contributed by atoms with van der Waals surface area (Å²) in [4.78, 5) is 0. The number of aromatic amines is 1. The second kappa shape index (κ2) is 3.24. The van der Waals surface area contributed by atoms with Gasteiger partial charge in [0.2, 0.25) is 0 Å². The van der Waals surface area contributed by atoms with Gasteiger partial charge in [-0.1, -0.05) is 42.5 Å². The van der Waals surface area contributed by atoms with Crippen molar-refractivity contribution in [2.75, 3.05) is 0 Å². The lowest BCUT2D eigenvalue weighted by Crippen LogP contribution is -1.76. The lowest BCUT2D eigenvalue weighted by atomic mass is 10.1. The normalized spacial score (nSPS) is 10.7. The molecule has 72 valence electrons. The number of H-pyrrole nitrogens is 1. The van der Waals surface area contributed by atoms with Gasteiger partial charge in [-0.3, -0.25) is 5.10 Å². The molecule has 2 heteroatoms. The predicted octanol–water partition coefficient (Wildman–Crippen LogP) is 3.18. The number of aromatic nitrogens is 2. The van der Waals surface area contributed by atoms with Crippen LogP contribution in [0.3, 0.4) is 0 Å². The van der Waals surface area contributed by atoms with Crippen molar-refractivity contribution in [3.63, 3.8) is 0 Å². The van der Waals surface area contributed by atoms with E-state index < -0.39 is 0 Å². The molecule has 1 N–H and O–H groups in total. The van der Waals surface area contributed by atoms with E-state index in [1.54, 1.807) is 6.20 Å². The van der Waals surface area contributed by atoms with Gasteiger partial charge in [0, 0.05) is 11.8 Å². The second-order valence-electron chi connectivity index (χ2n) is 3.50. The Hall–Kier alpha value is -2.09. The summed E-state index contributed by atoms with van der Waals surface area (Å²) in [5.41, 5.74) is 4.78. The van der Waals surface area contributed by atoms with Gasteiger partial charge in [0.15, 0.2) is 0 Å². The van der Waals surface area contributed by atoms with Crippen LogP contribution >= 0.6 is 0 Å². The Morgan fingerprint density at radius 3 is 2.60 bits per heavy atom. The topological polar surface area (TPSA) is 28.7 Å². The van der Waals surface area contributed by atoms with E-state index in [1.807, 2.05) is 12.1 Å².